The van der Waals surface area contributed by atoms with Gasteiger partial charge in [0, 0.05) is 24.9 Å². The Morgan fingerprint density at radius 3 is 2.83 bits per heavy atom. The summed E-state index contributed by atoms with van der Waals surface area (Å²) in [4.78, 5) is 12.3. The topological polar surface area (TPSA) is 42.2 Å². The third kappa shape index (κ3) is 2.13. The Hall–Kier alpha value is -1.04. The van der Waals surface area contributed by atoms with E-state index in [0.717, 1.165) is 0 Å². The lowest BCUT2D eigenvalue weighted by Gasteiger charge is -2.26. The summed E-state index contributed by atoms with van der Waals surface area (Å²) in [5.74, 6) is -0.432. The second-order valence-electron chi connectivity index (χ2n) is 3.96. The number of hydrogen-bond acceptors (Lipinski definition) is 2. The lowest BCUT2D eigenvalue weighted by molar-refractivity contribution is 0.628. The molecule has 1 unspecified atom stereocenters. The lowest BCUT2D eigenvalue weighted by Crippen LogP contribution is -2.15. The van der Waals surface area contributed by atoms with Crippen LogP contribution >= 0.6 is 21.9 Å². The van der Waals surface area contributed by atoms with E-state index in [1.54, 1.807) is 11.6 Å². The van der Waals surface area contributed by atoms with E-state index in [4.69, 9.17) is 17.9 Å². The van der Waals surface area contributed by atoms with Crippen LogP contribution in [0.1, 0.15) is 0 Å². The predicted octanol–water partition coefficient (Wildman–Crippen LogP) is 3.18. The number of alkyl halides is 1. The molecule has 0 amide bonds. The molecule has 0 saturated carbocycles. The molecule has 1 atom stereocenters. The Bertz CT molecular complexity index is 669. The first-order valence-electron chi connectivity index (χ1n) is 5.03. The predicted molar refractivity (Wildman–Crippen MR) is 72.7 cm³/mol. The molecule has 2 rings (SSSR count). The highest BCUT2D eigenvalue weighted by molar-refractivity contribution is 8.30. The molecule has 3 nitrogen and oxygen atoms in total. The molecule has 1 aromatic carbocycles. The van der Waals surface area contributed by atoms with E-state index in [1.165, 1.54) is 24.4 Å². The van der Waals surface area contributed by atoms with Gasteiger partial charge in [-0.15, -0.1) is 11.6 Å². The number of fused-ring (bicyclic) bond motifs is 1. The van der Waals surface area contributed by atoms with Crippen LogP contribution in [0.25, 0.3) is 10.9 Å². The number of aromatic nitrogens is 1. The summed E-state index contributed by atoms with van der Waals surface area (Å²) in [6.07, 6.45) is 7.05. The number of pyridine rings is 1. The van der Waals surface area contributed by atoms with E-state index in [2.05, 4.69) is 0 Å². The molecular weight excluding hydrogens is 277 g/mol. The largest absolute Gasteiger partial charge is 0.349 e. The van der Waals surface area contributed by atoms with Gasteiger partial charge in [-0.1, -0.05) is 10.3 Å². The number of benzene rings is 1. The average molecular weight is 288 g/mol. The Labute approximate surface area is 110 Å². The number of nitrogens with zero attached hydrogens (tertiary/aromatic N) is 1. The fourth-order valence-corrected chi connectivity index (χ4v) is 2.98. The van der Waals surface area contributed by atoms with Crippen LogP contribution in [0, 0.1) is 12.1 Å². The van der Waals surface area contributed by atoms with E-state index in [0.29, 0.717) is 10.9 Å². The van der Waals surface area contributed by atoms with Gasteiger partial charge in [0.05, 0.1) is 15.6 Å². The monoisotopic (exact) mass is 287 g/mol. The molecule has 1 aromatic heterocycles. The van der Waals surface area contributed by atoms with Gasteiger partial charge in [0.15, 0.2) is 0 Å². The van der Waals surface area contributed by atoms with Crippen molar-refractivity contribution in [1.29, 1.82) is 0 Å². The van der Waals surface area contributed by atoms with Gasteiger partial charge in [0.1, 0.15) is 5.82 Å². The molecule has 0 spiro atoms. The highest BCUT2D eigenvalue weighted by Gasteiger charge is 2.22. The van der Waals surface area contributed by atoms with E-state index < -0.39 is 21.6 Å². The van der Waals surface area contributed by atoms with Crippen LogP contribution in [0.3, 0.4) is 0 Å². The van der Waals surface area contributed by atoms with Crippen LogP contribution < -0.4 is 5.43 Å². The third-order valence-corrected chi connectivity index (χ3v) is 5.05. The van der Waals surface area contributed by atoms with Gasteiger partial charge in [-0.25, -0.2) is 4.39 Å². The van der Waals surface area contributed by atoms with Crippen molar-refractivity contribution in [3.8, 4) is 0 Å². The summed E-state index contributed by atoms with van der Waals surface area (Å²) in [5.41, 5.74) is 0.0253. The van der Waals surface area contributed by atoms with E-state index in [9.17, 15) is 13.7 Å². The van der Waals surface area contributed by atoms with Gasteiger partial charge >= 0.3 is 0 Å². The number of hydrogen-bond donors (Lipinski definition) is 1. The van der Waals surface area contributed by atoms with Gasteiger partial charge in [-0.2, -0.15) is 0 Å². The normalized spacial score (nSPS) is 16.5. The Balaban J connectivity index is 2.86. The fourth-order valence-electron chi connectivity index (χ4n) is 1.74. The van der Waals surface area contributed by atoms with E-state index >= 15 is 0 Å². The van der Waals surface area contributed by atoms with E-state index in [-0.39, 0.29) is 10.1 Å². The summed E-state index contributed by atoms with van der Waals surface area (Å²) >= 11 is 5.58. The fraction of sp³-hybridized carbons (Fsp3) is 0.167. The maximum atomic E-state index is 13.1. The van der Waals surface area contributed by atoms with Crippen molar-refractivity contribution in [1.82, 2.24) is 4.57 Å². The SMILES string of the molecule is [CH]S(O)(CCl)c1cn(C)c2cc(F)ccc2c1=O. The molecule has 18 heavy (non-hydrogen) atoms. The van der Waals surface area contributed by atoms with Crippen LogP contribution in [0.4, 0.5) is 4.39 Å². The minimum atomic E-state index is -2.81. The smallest absolute Gasteiger partial charge is 0.203 e. The van der Waals surface area contributed by atoms with Gasteiger partial charge in [-0.05, 0) is 18.2 Å². The Morgan fingerprint density at radius 1 is 1.56 bits per heavy atom. The number of rotatable bonds is 2. The first kappa shape index (κ1) is 13.4. The zero-order valence-electron chi connectivity index (χ0n) is 9.56. The third-order valence-electron chi connectivity index (χ3n) is 2.67. The molecule has 0 aliphatic heterocycles. The van der Waals surface area contributed by atoms with Crippen LogP contribution in [-0.4, -0.2) is 14.3 Å². The van der Waals surface area contributed by atoms with Crippen LogP contribution in [0.15, 0.2) is 34.1 Å². The zero-order chi connectivity index (χ0) is 13.5. The molecule has 0 fully saturated rings. The van der Waals surface area contributed by atoms with Crippen LogP contribution in [0.5, 0.6) is 0 Å². The van der Waals surface area contributed by atoms with Crippen molar-refractivity contribution in [3.63, 3.8) is 0 Å². The molecular formula is C12H11ClFNO2S. The zero-order valence-corrected chi connectivity index (χ0v) is 11.1. The summed E-state index contributed by atoms with van der Waals surface area (Å²) in [7, 11) is -1.17. The van der Waals surface area contributed by atoms with Crippen molar-refractivity contribution < 1.29 is 8.94 Å². The molecule has 6 heteroatoms. The number of halogens is 2. The highest BCUT2D eigenvalue weighted by atomic mass is 35.5. The first-order chi connectivity index (χ1) is 8.36. The number of aryl methyl sites for hydroxylation is 1. The second kappa shape index (κ2) is 4.57. The maximum absolute atomic E-state index is 13.1. The van der Waals surface area contributed by atoms with Crippen molar-refractivity contribution in [2.24, 2.45) is 7.05 Å². The summed E-state index contributed by atoms with van der Waals surface area (Å²) < 4.78 is 24.6. The first-order valence-corrected chi connectivity index (χ1v) is 7.38. The van der Waals surface area contributed by atoms with Gasteiger partial charge in [-0.3, -0.25) is 4.79 Å². The minimum Gasteiger partial charge on any atom is -0.349 e. The summed E-state index contributed by atoms with van der Waals surface area (Å²) in [6, 6.07) is 3.82. The van der Waals surface area contributed by atoms with Gasteiger partial charge < -0.3 is 9.12 Å². The quantitative estimate of drug-likeness (QED) is 0.862. The molecule has 2 aromatic rings. The van der Waals surface area contributed by atoms with Crippen molar-refractivity contribution in [2.45, 2.75) is 4.90 Å². The molecule has 0 saturated heterocycles. The molecule has 96 valence electrons. The maximum Gasteiger partial charge on any atom is 0.203 e. The van der Waals surface area contributed by atoms with Crippen molar-refractivity contribution in [3.05, 3.63) is 46.7 Å². The van der Waals surface area contributed by atoms with E-state index in [1.807, 2.05) is 0 Å². The minimum absolute atomic E-state index is 0.0686. The summed E-state index contributed by atoms with van der Waals surface area (Å²) in [6.45, 7) is 0. The highest BCUT2D eigenvalue weighted by Crippen LogP contribution is 2.49. The molecule has 1 heterocycles. The Morgan fingerprint density at radius 2 is 2.22 bits per heavy atom. The van der Waals surface area contributed by atoms with Gasteiger partial charge in [0.2, 0.25) is 5.43 Å². The average Bonchev–Trinajstić information content (AvgIpc) is 2.33. The van der Waals surface area contributed by atoms with Crippen molar-refractivity contribution in [2.75, 3.05) is 5.21 Å². The van der Waals surface area contributed by atoms with Gasteiger partial charge in [0.25, 0.3) is 0 Å². The molecule has 0 aliphatic rings. The van der Waals surface area contributed by atoms with Crippen LogP contribution in [0.2, 0.25) is 0 Å². The molecule has 2 radical (unpaired) electrons. The van der Waals surface area contributed by atoms with Crippen LogP contribution in [-0.2, 0) is 7.05 Å². The summed E-state index contributed by atoms with van der Waals surface area (Å²) in [5, 5.41) is 0.0764. The second-order valence-corrected chi connectivity index (χ2v) is 6.78. The standard InChI is InChI=1S/C12H11ClFNO2S/c1-15-6-11(18(2,17)7-13)12(16)9-4-3-8(14)5-10(9)15/h2-6,17H,7H2,1H3. The molecule has 1 N–H and O–H groups in total. The van der Waals surface area contributed by atoms with Crippen molar-refractivity contribution >= 4 is 32.8 Å². The molecule has 0 bridgehead atoms. The Kier molecular flexibility index (Phi) is 3.40. The molecule has 0 aliphatic carbocycles. The lowest BCUT2D eigenvalue weighted by atomic mass is 10.2.